The minimum atomic E-state index is 0.500. The van der Waals surface area contributed by atoms with Gasteiger partial charge in [-0.3, -0.25) is 0 Å². The molecule has 0 aliphatic heterocycles. The van der Waals surface area contributed by atoms with E-state index in [1.807, 2.05) is 4.68 Å². The maximum absolute atomic E-state index is 5.05. The molecule has 0 atom stereocenters. The van der Waals surface area contributed by atoms with Gasteiger partial charge in [-0.05, 0) is 29.2 Å². The quantitative estimate of drug-likeness (QED) is 0.753. The standard InChI is InChI=1S/C10H18N4O/c1-15-8-10-11-12-13-14(10)7-9-5-3-2-4-6-9/h9H,2-8H2,1H3. The number of nitrogens with zero attached hydrogens (tertiary/aromatic N) is 4. The maximum Gasteiger partial charge on any atom is 0.177 e. The first-order valence-corrected chi connectivity index (χ1v) is 5.64. The molecule has 0 radical (unpaired) electrons. The van der Waals surface area contributed by atoms with Gasteiger partial charge < -0.3 is 4.74 Å². The number of tetrazole rings is 1. The van der Waals surface area contributed by atoms with Crippen molar-refractivity contribution in [3.63, 3.8) is 0 Å². The van der Waals surface area contributed by atoms with Gasteiger partial charge in [0.25, 0.3) is 0 Å². The predicted octanol–water partition coefficient (Wildman–Crippen LogP) is 1.40. The van der Waals surface area contributed by atoms with Crippen LogP contribution in [0, 0.1) is 5.92 Å². The first-order valence-electron chi connectivity index (χ1n) is 5.64. The predicted molar refractivity (Wildman–Crippen MR) is 55.1 cm³/mol. The van der Waals surface area contributed by atoms with Gasteiger partial charge in [-0.15, -0.1) is 5.10 Å². The Morgan fingerprint density at radius 2 is 2.13 bits per heavy atom. The van der Waals surface area contributed by atoms with Gasteiger partial charge in [-0.25, -0.2) is 4.68 Å². The first-order chi connectivity index (χ1) is 7.40. The molecule has 1 aromatic rings. The summed E-state index contributed by atoms with van der Waals surface area (Å²) in [5.41, 5.74) is 0. The molecule has 0 N–H and O–H groups in total. The summed E-state index contributed by atoms with van der Waals surface area (Å²) in [5.74, 6) is 1.58. The zero-order valence-corrected chi connectivity index (χ0v) is 9.22. The second-order valence-corrected chi connectivity index (χ2v) is 4.21. The van der Waals surface area contributed by atoms with Crippen molar-refractivity contribution in [1.29, 1.82) is 0 Å². The molecule has 1 fully saturated rings. The van der Waals surface area contributed by atoms with Crippen molar-refractivity contribution in [3.05, 3.63) is 5.82 Å². The highest BCUT2D eigenvalue weighted by Crippen LogP contribution is 2.24. The summed E-state index contributed by atoms with van der Waals surface area (Å²) >= 11 is 0. The van der Waals surface area contributed by atoms with Crippen molar-refractivity contribution >= 4 is 0 Å². The Kier molecular flexibility index (Phi) is 3.66. The number of hydrogen-bond donors (Lipinski definition) is 0. The molecule has 0 bridgehead atoms. The topological polar surface area (TPSA) is 52.8 Å². The minimum absolute atomic E-state index is 0.500. The van der Waals surface area contributed by atoms with Crippen molar-refractivity contribution in [3.8, 4) is 0 Å². The summed E-state index contributed by atoms with van der Waals surface area (Å²) < 4.78 is 6.94. The molecule has 2 rings (SSSR count). The van der Waals surface area contributed by atoms with Crippen LogP contribution in [0.5, 0.6) is 0 Å². The Hall–Kier alpha value is -0.970. The van der Waals surface area contributed by atoms with Crippen LogP contribution in [-0.4, -0.2) is 27.3 Å². The normalized spacial score (nSPS) is 18.2. The van der Waals surface area contributed by atoms with Gasteiger partial charge in [0.05, 0.1) is 0 Å². The summed E-state index contributed by atoms with van der Waals surface area (Å²) in [5, 5.41) is 11.6. The van der Waals surface area contributed by atoms with E-state index >= 15 is 0 Å². The molecule has 0 amide bonds. The Bertz CT molecular complexity index is 293. The highest BCUT2D eigenvalue weighted by atomic mass is 16.5. The van der Waals surface area contributed by atoms with Gasteiger partial charge >= 0.3 is 0 Å². The van der Waals surface area contributed by atoms with E-state index in [-0.39, 0.29) is 0 Å². The van der Waals surface area contributed by atoms with Crippen LogP contribution in [0.3, 0.4) is 0 Å². The van der Waals surface area contributed by atoms with Gasteiger partial charge in [0.15, 0.2) is 5.82 Å². The van der Waals surface area contributed by atoms with Crippen LogP contribution >= 0.6 is 0 Å². The van der Waals surface area contributed by atoms with Crippen molar-refractivity contribution in [1.82, 2.24) is 20.2 Å². The van der Waals surface area contributed by atoms with Crippen molar-refractivity contribution in [2.45, 2.75) is 45.3 Å². The Balaban J connectivity index is 1.93. The fourth-order valence-electron chi connectivity index (χ4n) is 2.21. The van der Waals surface area contributed by atoms with Crippen LogP contribution in [0.2, 0.25) is 0 Å². The third-order valence-corrected chi connectivity index (χ3v) is 3.04. The summed E-state index contributed by atoms with van der Waals surface area (Å²) in [6.07, 6.45) is 6.72. The van der Waals surface area contributed by atoms with E-state index in [9.17, 15) is 0 Å². The van der Waals surface area contributed by atoms with Crippen molar-refractivity contribution in [2.24, 2.45) is 5.92 Å². The van der Waals surface area contributed by atoms with Gasteiger partial charge in [-0.2, -0.15) is 0 Å². The lowest BCUT2D eigenvalue weighted by Crippen LogP contribution is -2.17. The van der Waals surface area contributed by atoms with E-state index < -0.39 is 0 Å². The van der Waals surface area contributed by atoms with Gasteiger partial charge in [0, 0.05) is 13.7 Å². The Labute approximate surface area is 89.8 Å². The SMILES string of the molecule is COCc1nnnn1CC1CCCCC1. The van der Waals surface area contributed by atoms with E-state index in [4.69, 9.17) is 4.74 Å². The molecule has 0 aromatic carbocycles. The van der Waals surface area contributed by atoms with E-state index in [1.54, 1.807) is 7.11 Å². The van der Waals surface area contributed by atoms with E-state index in [0.29, 0.717) is 6.61 Å². The number of hydrogen-bond acceptors (Lipinski definition) is 4. The highest BCUT2D eigenvalue weighted by molar-refractivity contribution is 4.78. The number of methoxy groups -OCH3 is 1. The van der Waals surface area contributed by atoms with Crippen LogP contribution in [0.1, 0.15) is 37.9 Å². The Morgan fingerprint density at radius 1 is 1.33 bits per heavy atom. The average Bonchev–Trinajstić information content (AvgIpc) is 2.68. The molecule has 1 aromatic heterocycles. The summed E-state index contributed by atoms with van der Waals surface area (Å²) in [4.78, 5) is 0. The molecule has 1 heterocycles. The zero-order valence-electron chi connectivity index (χ0n) is 9.22. The fourth-order valence-corrected chi connectivity index (χ4v) is 2.21. The van der Waals surface area contributed by atoms with E-state index in [0.717, 1.165) is 18.3 Å². The fraction of sp³-hybridized carbons (Fsp3) is 0.900. The van der Waals surface area contributed by atoms with Crippen LogP contribution < -0.4 is 0 Å². The summed E-state index contributed by atoms with van der Waals surface area (Å²) in [7, 11) is 1.67. The smallest absolute Gasteiger partial charge is 0.177 e. The number of aromatic nitrogens is 4. The maximum atomic E-state index is 5.05. The molecule has 5 heteroatoms. The highest BCUT2D eigenvalue weighted by Gasteiger charge is 2.16. The molecule has 1 aliphatic rings. The average molecular weight is 210 g/mol. The van der Waals surface area contributed by atoms with Gasteiger partial charge in [-0.1, -0.05) is 19.3 Å². The van der Waals surface area contributed by atoms with Gasteiger partial charge in [0.2, 0.25) is 0 Å². The first kappa shape index (κ1) is 10.5. The third-order valence-electron chi connectivity index (χ3n) is 3.04. The van der Waals surface area contributed by atoms with Crippen molar-refractivity contribution in [2.75, 3.05) is 7.11 Å². The summed E-state index contributed by atoms with van der Waals surface area (Å²) in [6, 6.07) is 0. The molecule has 15 heavy (non-hydrogen) atoms. The number of rotatable bonds is 4. The number of ether oxygens (including phenoxy) is 1. The minimum Gasteiger partial charge on any atom is -0.377 e. The van der Waals surface area contributed by atoms with E-state index in [2.05, 4.69) is 15.5 Å². The molecular formula is C10H18N4O. The Morgan fingerprint density at radius 3 is 2.87 bits per heavy atom. The molecule has 5 nitrogen and oxygen atoms in total. The van der Waals surface area contributed by atoms with Crippen LogP contribution in [-0.2, 0) is 17.9 Å². The van der Waals surface area contributed by atoms with E-state index in [1.165, 1.54) is 32.1 Å². The third kappa shape index (κ3) is 2.75. The molecule has 84 valence electrons. The molecular weight excluding hydrogens is 192 g/mol. The second-order valence-electron chi connectivity index (χ2n) is 4.21. The molecule has 1 aliphatic carbocycles. The second kappa shape index (κ2) is 5.21. The zero-order chi connectivity index (χ0) is 10.5. The monoisotopic (exact) mass is 210 g/mol. The van der Waals surface area contributed by atoms with Gasteiger partial charge in [0.1, 0.15) is 6.61 Å². The van der Waals surface area contributed by atoms with Crippen molar-refractivity contribution < 1.29 is 4.74 Å². The lowest BCUT2D eigenvalue weighted by molar-refractivity contribution is 0.169. The van der Waals surface area contributed by atoms with Crippen LogP contribution in [0.4, 0.5) is 0 Å². The lowest BCUT2D eigenvalue weighted by atomic mass is 9.89. The lowest BCUT2D eigenvalue weighted by Gasteiger charge is -2.21. The summed E-state index contributed by atoms with van der Waals surface area (Å²) in [6.45, 7) is 1.45. The van der Waals surface area contributed by atoms with Crippen LogP contribution in [0.15, 0.2) is 0 Å². The molecule has 0 unspecified atom stereocenters. The largest absolute Gasteiger partial charge is 0.377 e. The molecule has 0 saturated heterocycles. The van der Waals surface area contributed by atoms with Crippen LogP contribution in [0.25, 0.3) is 0 Å². The molecule has 1 saturated carbocycles. The molecule has 0 spiro atoms.